The first kappa shape index (κ1) is 29.0. The molecule has 2 aliphatic rings. The zero-order valence-corrected chi connectivity index (χ0v) is 26.9. The summed E-state index contributed by atoms with van der Waals surface area (Å²) in [5, 5.41) is 13.9. The minimum Gasteiger partial charge on any atom is -0.359 e. The van der Waals surface area contributed by atoms with Crippen molar-refractivity contribution >= 4 is 33.7 Å². The molecule has 49 heavy (non-hydrogen) atoms. The third-order valence-corrected chi connectivity index (χ3v) is 9.57. The molecule has 0 aromatic heterocycles. The van der Waals surface area contributed by atoms with Crippen molar-refractivity contribution in [3.8, 4) is 11.1 Å². The maximum absolute atomic E-state index is 5.17. The molecule has 3 N–H and O–H groups in total. The van der Waals surface area contributed by atoms with Gasteiger partial charge in [0, 0.05) is 16.8 Å². The Morgan fingerprint density at radius 3 is 1.98 bits per heavy atom. The highest BCUT2D eigenvalue weighted by atomic mass is 15.3. The van der Waals surface area contributed by atoms with Crippen molar-refractivity contribution in [3.63, 3.8) is 0 Å². The van der Waals surface area contributed by atoms with Crippen LogP contribution >= 0.6 is 0 Å². The van der Waals surface area contributed by atoms with E-state index in [-0.39, 0.29) is 18.5 Å². The number of nitrogens with one attached hydrogen (secondary N) is 3. The van der Waals surface area contributed by atoms with E-state index in [1.807, 2.05) is 6.07 Å². The third kappa shape index (κ3) is 5.40. The smallest absolute Gasteiger partial charge is 0.131 e. The lowest BCUT2D eigenvalue weighted by Gasteiger charge is -2.34. The van der Waals surface area contributed by atoms with Gasteiger partial charge in [-0.1, -0.05) is 152 Å². The quantitative estimate of drug-likeness (QED) is 0.171. The molecule has 0 radical (unpaired) electrons. The normalized spacial score (nSPS) is 18.3. The molecule has 0 bridgehead atoms. The van der Waals surface area contributed by atoms with Crippen LogP contribution in [-0.2, 0) is 0 Å². The molecule has 2 heterocycles. The number of para-hydroxylation sites is 3. The molecule has 0 amide bonds. The van der Waals surface area contributed by atoms with Gasteiger partial charge in [0.05, 0.1) is 11.4 Å². The van der Waals surface area contributed by atoms with E-state index < -0.39 is 0 Å². The first-order chi connectivity index (χ1) is 24.3. The Morgan fingerprint density at radius 1 is 0.510 bits per heavy atom. The van der Waals surface area contributed by atoms with Crippen LogP contribution in [0.5, 0.6) is 0 Å². The molecule has 236 valence electrons. The molecular formula is C44H35N5. The van der Waals surface area contributed by atoms with Gasteiger partial charge >= 0.3 is 0 Å². The van der Waals surface area contributed by atoms with Gasteiger partial charge in [0.1, 0.15) is 24.3 Å². The van der Waals surface area contributed by atoms with Crippen LogP contribution in [-0.4, -0.2) is 5.84 Å². The van der Waals surface area contributed by atoms with Crippen LogP contribution in [0.25, 0.3) is 21.9 Å². The lowest BCUT2D eigenvalue weighted by Crippen LogP contribution is -2.45. The molecule has 0 aliphatic carbocycles. The van der Waals surface area contributed by atoms with Crippen molar-refractivity contribution in [3.05, 3.63) is 198 Å². The van der Waals surface area contributed by atoms with Crippen LogP contribution in [0.2, 0.25) is 0 Å². The fraction of sp³-hybridized carbons (Fsp3) is 0.0682. The minimum atomic E-state index is -0.212. The summed E-state index contributed by atoms with van der Waals surface area (Å²) in [4.78, 5) is 7.55. The minimum absolute atomic E-state index is 0.0251. The zero-order valence-electron chi connectivity index (χ0n) is 26.9. The molecule has 0 fully saturated rings. The number of amidine groups is 1. The van der Waals surface area contributed by atoms with E-state index in [9.17, 15) is 0 Å². The number of rotatable bonds is 6. The highest BCUT2D eigenvalue weighted by molar-refractivity contribution is 6.00. The van der Waals surface area contributed by atoms with Gasteiger partial charge < -0.3 is 15.5 Å². The topological polar surface area (TPSA) is 51.7 Å². The number of aliphatic imine (C=N–C) groups is 1. The molecule has 7 aromatic carbocycles. The van der Waals surface area contributed by atoms with Gasteiger partial charge in [-0.25, -0.2) is 4.99 Å². The molecule has 0 saturated carbocycles. The highest BCUT2D eigenvalue weighted by Crippen LogP contribution is 2.46. The molecule has 0 spiro atoms. The summed E-state index contributed by atoms with van der Waals surface area (Å²) < 4.78 is 0. The number of nitrogens with zero attached hydrogens (tertiary/aromatic N) is 2. The fourth-order valence-corrected chi connectivity index (χ4v) is 7.22. The van der Waals surface area contributed by atoms with Crippen molar-refractivity contribution in [2.75, 3.05) is 10.2 Å². The summed E-state index contributed by atoms with van der Waals surface area (Å²) in [5.41, 5.74) is 10.4. The van der Waals surface area contributed by atoms with E-state index in [0.717, 1.165) is 33.9 Å². The second-order valence-electron chi connectivity index (χ2n) is 12.5. The molecule has 0 saturated heterocycles. The molecule has 5 nitrogen and oxygen atoms in total. The van der Waals surface area contributed by atoms with E-state index in [2.05, 4.69) is 191 Å². The summed E-state index contributed by atoms with van der Waals surface area (Å²) in [5.74, 6) is 0.875. The number of fused-ring (bicyclic) bond motifs is 2. The van der Waals surface area contributed by atoms with Gasteiger partial charge in [-0.3, -0.25) is 5.32 Å². The number of hydrogen-bond donors (Lipinski definition) is 3. The maximum Gasteiger partial charge on any atom is 0.131 e. The van der Waals surface area contributed by atoms with E-state index in [1.165, 1.54) is 33.2 Å². The Morgan fingerprint density at radius 2 is 1.18 bits per heavy atom. The van der Waals surface area contributed by atoms with E-state index >= 15 is 0 Å². The van der Waals surface area contributed by atoms with Gasteiger partial charge in [0.25, 0.3) is 0 Å². The van der Waals surface area contributed by atoms with Crippen molar-refractivity contribution in [2.24, 2.45) is 4.99 Å². The monoisotopic (exact) mass is 633 g/mol. The van der Waals surface area contributed by atoms with Gasteiger partial charge in [-0.2, -0.15) is 0 Å². The average Bonchev–Trinajstić information content (AvgIpc) is 3.58. The molecule has 7 aromatic rings. The first-order valence-electron chi connectivity index (χ1n) is 16.8. The van der Waals surface area contributed by atoms with Gasteiger partial charge in [0.15, 0.2) is 0 Å². The van der Waals surface area contributed by atoms with Crippen LogP contribution in [0, 0.1) is 0 Å². The zero-order chi connectivity index (χ0) is 32.6. The Labute approximate surface area is 286 Å². The third-order valence-electron chi connectivity index (χ3n) is 9.57. The summed E-state index contributed by atoms with van der Waals surface area (Å²) in [6.45, 7) is 0. The summed E-state index contributed by atoms with van der Waals surface area (Å²) in [7, 11) is 0. The molecule has 2 aliphatic heterocycles. The Kier molecular flexibility index (Phi) is 7.37. The molecular weight excluding hydrogens is 599 g/mol. The van der Waals surface area contributed by atoms with Crippen molar-refractivity contribution in [1.29, 1.82) is 0 Å². The van der Waals surface area contributed by atoms with Crippen LogP contribution in [0.1, 0.15) is 40.8 Å². The van der Waals surface area contributed by atoms with Crippen LogP contribution in [0.15, 0.2) is 181 Å². The molecule has 3 unspecified atom stereocenters. The van der Waals surface area contributed by atoms with Gasteiger partial charge in [-0.15, -0.1) is 0 Å². The lowest BCUT2D eigenvalue weighted by molar-refractivity contribution is 0.411. The Balaban J connectivity index is 1.13. The summed E-state index contributed by atoms with van der Waals surface area (Å²) in [6, 6.07) is 62.3. The highest BCUT2D eigenvalue weighted by Gasteiger charge is 2.32. The maximum atomic E-state index is 5.17. The van der Waals surface area contributed by atoms with Crippen LogP contribution in [0.3, 0.4) is 0 Å². The Bertz CT molecular complexity index is 2270. The van der Waals surface area contributed by atoms with E-state index in [4.69, 9.17) is 4.99 Å². The lowest BCUT2D eigenvalue weighted by atomic mass is 9.91. The van der Waals surface area contributed by atoms with Gasteiger partial charge in [-0.05, 0) is 57.3 Å². The van der Waals surface area contributed by atoms with E-state index in [0.29, 0.717) is 0 Å². The SMILES string of the molecule is c1ccc(C2=NC(c3ccccc3)NC(c3c(-c4ccc(C5Nc6ccccc6N5c5ccccc5)cc4)ccc4ccccc34)N2)cc1. The first-order valence-corrected chi connectivity index (χ1v) is 16.8. The summed E-state index contributed by atoms with van der Waals surface area (Å²) >= 11 is 0. The second-order valence-corrected chi connectivity index (χ2v) is 12.5. The average molecular weight is 634 g/mol. The summed E-state index contributed by atoms with van der Waals surface area (Å²) in [6.07, 6.45) is -0.433. The predicted molar refractivity (Wildman–Crippen MR) is 202 cm³/mol. The number of hydrogen-bond acceptors (Lipinski definition) is 5. The fourth-order valence-electron chi connectivity index (χ4n) is 7.22. The standard InChI is InChI=1S/C44H35N5/c1-4-15-32(16-5-1)41-46-42(33-17-6-2-7-18-33)48-43(47-41)40-36-21-11-10-14-30(36)28-29-37(40)31-24-26-34(27-25-31)44-45-38-22-12-13-23-39(38)49(44)35-19-8-3-9-20-35/h1-29,41,43-45,47H,(H,46,48). The van der Waals surface area contributed by atoms with Crippen molar-refractivity contribution in [1.82, 2.24) is 10.6 Å². The van der Waals surface area contributed by atoms with E-state index in [1.54, 1.807) is 0 Å². The number of benzene rings is 7. The number of anilines is 3. The van der Waals surface area contributed by atoms with Crippen LogP contribution < -0.4 is 20.9 Å². The molecule has 9 rings (SSSR count). The molecule has 5 heteroatoms. The van der Waals surface area contributed by atoms with Crippen molar-refractivity contribution in [2.45, 2.75) is 18.5 Å². The molecule has 3 atom stereocenters. The second kappa shape index (κ2) is 12.5. The van der Waals surface area contributed by atoms with Crippen LogP contribution in [0.4, 0.5) is 17.1 Å². The van der Waals surface area contributed by atoms with Crippen molar-refractivity contribution < 1.29 is 0 Å². The predicted octanol–water partition coefficient (Wildman–Crippen LogP) is 10.1. The largest absolute Gasteiger partial charge is 0.359 e. The Hall–Kier alpha value is -6.17. The van der Waals surface area contributed by atoms with Gasteiger partial charge in [0.2, 0.25) is 0 Å².